The number of para-hydroxylation sites is 1. The molecule has 2 aromatic carbocycles. The Morgan fingerprint density at radius 3 is 2.58 bits per heavy atom. The van der Waals surface area contributed by atoms with Gasteiger partial charge in [-0.25, -0.2) is 4.79 Å². The van der Waals surface area contributed by atoms with Gasteiger partial charge in [0.1, 0.15) is 0 Å². The van der Waals surface area contributed by atoms with E-state index in [1.165, 1.54) is 12.1 Å². The molecule has 0 aliphatic heterocycles. The summed E-state index contributed by atoms with van der Waals surface area (Å²) in [5.74, 6) is -0.149. The van der Waals surface area contributed by atoms with Crippen molar-refractivity contribution < 1.29 is 9.53 Å². The summed E-state index contributed by atoms with van der Waals surface area (Å²) in [7, 11) is 0. The molecule has 9 heteroatoms. The van der Waals surface area contributed by atoms with E-state index in [0.29, 0.717) is 5.02 Å². The Bertz CT molecular complexity index is 936. The van der Waals surface area contributed by atoms with Crippen LogP contribution in [0.4, 0.5) is 23.3 Å². The van der Waals surface area contributed by atoms with Crippen LogP contribution in [-0.4, -0.2) is 20.9 Å². The highest BCUT2D eigenvalue weighted by Gasteiger charge is 2.13. The third-order valence-corrected chi connectivity index (χ3v) is 3.53. The molecule has 132 valence electrons. The van der Waals surface area contributed by atoms with E-state index in [4.69, 9.17) is 27.8 Å². The molecular formula is C17H15ClN6O2. The second kappa shape index (κ2) is 7.66. The van der Waals surface area contributed by atoms with Crippen molar-refractivity contribution in [3.63, 3.8) is 0 Å². The Kier molecular flexibility index (Phi) is 5.14. The fraction of sp³-hybridized carbons (Fsp3) is 0.0588. The molecule has 0 aliphatic rings. The molecular weight excluding hydrogens is 356 g/mol. The summed E-state index contributed by atoms with van der Waals surface area (Å²) < 4.78 is 5.20. The summed E-state index contributed by atoms with van der Waals surface area (Å²) in [6, 6.07) is 13.8. The first-order valence-electron chi connectivity index (χ1n) is 7.56. The second-order valence-electron chi connectivity index (χ2n) is 5.23. The van der Waals surface area contributed by atoms with Gasteiger partial charge in [-0.15, -0.1) is 0 Å². The highest BCUT2D eigenvalue weighted by Crippen LogP contribution is 2.19. The Labute approximate surface area is 154 Å². The van der Waals surface area contributed by atoms with Crippen molar-refractivity contribution in [2.24, 2.45) is 0 Å². The average Bonchev–Trinajstić information content (AvgIpc) is 2.60. The number of ether oxygens (including phenoxy) is 1. The summed E-state index contributed by atoms with van der Waals surface area (Å²) in [5.41, 5.74) is 12.7. The molecule has 0 saturated carbocycles. The van der Waals surface area contributed by atoms with Crippen LogP contribution in [0.5, 0.6) is 0 Å². The lowest BCUT2D eigenvalue weighted by atomic mass is 10.2. The SMILES string of the molecule is Nc1nc(COC(=O)c2ccc(Cl)cc2N)nc(Nc2ccccc2)n1. The lowest BCUT2D eigenvalue weighted by Gasteiger charge is -2.09. The number of rotatable bonds is 5. The number of halogens is 1. The molecule has 1 heterocycles. The van der Waals surface area contributed by atoms with E-state index in [1.807, 2.05) is 30.3 Å². The quantitative estimate of drug-likeness (QED) is 0.461. The first kappa shape index (κ1) is 17.4. The van der Waals surface area contributed by atoms with Gasteiger partial charge in [-0.1, -0.05) is 29.8 Å². The molecule has 1 aromatic heterocycles. The molecule has 0 atom stereocenters. The van der Waals surface area contributed by atoms with Crippen LogP contribution in [0.15, 0.2) is 48.5 Å². The van der Waals surface area contributed by atoms with Crippen LogP contribution in [0.25, 0.3) is 0 Å². The Morgan fingerprint density at radius 1 is 1.08 bits per heavy atom. The second-order valence-corrected chi connectivity index (χ2v) is 5.67. The molecule has 0 saturated heterocycles. The molecule has 0 amide bonds. The van der Waals surface area contributed by atoms with Gasteiger partial charge in [0.2, 0.25) is 11.9 Å². The van der Waals surface area contributed by atoms with Crippen LogP contribution < -0.4 is 16.8 Å². The number of nitrogens with one attached hydrogen (secondary N) is 1. The van der Waals surface area contributed by atoms with E-state index in [9.17, 15) is 4.79 Å². The highest BCUT2D eigenvalue weighted by atomic mass is 35.5. The fourth-order valence-corrected chi connectivity index (χ4v) is 2.32. The average molecular weight is 371 g/mol. The molecule has 3 rings (SSSR count). The van der Waals surface area contributed by atoms with E-state index < -0.39 is 5.97 Å². The summed E-state index contributed by atoms with van der Waals surface area (Å²) >= 11 is 5.82. The number of nitrogens with two attached hydrogens (primary N) is 2. The lowest BCUT2D eigenvalue weighted by molar-refractivity contribution is 0.0463. The van der Waals surface area contributed by atoms with Crippen LogP contribution in [0.2, 0.25) is 5.02 Å². The Balaban J connectivity index is 1.70. The van der Waals surface area contributed by atoms with Crippen molar-refractivity contribution in [3.05, 3.63) is 64.9 Å². The van der Waals surface area contributed by atoms with Crippen LogP contribution in [0.3, 0.4) is 0 Å². The maximum atomic E-state index is 12.1. The number of hydrogen-bond donors (Lipinski definition) is 3. The molecule has 5 N–H and O–H groups in total. The number of esters is 1. The van der Waals surface area contributed by atoms with Gasteiger partial charge in [0, 0.05) is 16.4 Å². The monoisotopic (exact) mass is 370 g/mol. The molecule has 0 fully saturated rings. The van der Waals surface area contributed by atoms with E-state index in [1.54, 1.807) is 6.07 Å². The molecule has 8 nitrogen and oxygen atoms in total. The zero-order valence-electron chi connectivity index (χ0n) is 13.5. The fourth-order valence-electron chi connectivity index (χ4n) is 2.14. The molecule has 0 unspecified atom stereocenters. The minimum atomic E-state index is -0.615. The number of anilines is 4. The number of benzene rings is 2. The highest BCUT2D eigenvalue weighted by molar-refractivity contribution is 6.31. The van der Waals surface area contributed by atoms with Crippen LogP contribution in [-0.2, 0) is 11.3 Å². The summed E-state index contributed by atoms with van der Waals surface area (Å²) in [6.45, 7) is -0.183. The zero-order valence-corrected chi connectivity index (χ0v) is 14.3. The maximum absolute atomic E-state index is 12.1. The van der Waals surface area contributed by atoms with Gasteiger partial charge in [0.15, 0.2) is 12.4 Å². The van der Waals surface area contributed by atoms with Crippen LogP contribution in [0.1, 0.15) is 16.2 Å². The smallest absolute Gasteiger partial charge is 0.340 e. The first-order valence-corrected chi connectivity index (χ1v) is 7.94. The maximum Gasteiger partial charge on any atom is 0.340 e. The predicted octanol–water partition coefficient (Wildman–Crippen LogP) is 2.79. The number of carbonyl (C=O) groups is 1. The van der Waals surface area contributed by atoms with Crippen molar-refractivity contribution >= 4 is 40.8 Å². The Hall–Kier alpha value is -3.39. The van der Waals surface area contributed by atoms with Crippen LogP contribution >= 0.6 is 11.6 Å². The zero-order chi connectivity index (χ0) is 18.5. The van der Waals surface area contributed by atoms with Gasteiger partial charge < -0.3 is 21.5 Å². The van der Waals surface area contributed by atoms with Gasteiger partial charge in [-0.05, 0) is 30.3 Å². The summed E-state index contributed by atoms with van der Waals surface area (Å²) in [6.07, 6.45) is 0. The van der Waals surface area contributed by atoms with Crippen LogP contribution in [0, 0.1) is 0 Å². The van der Waals surface area contributed by atoms with Gasteiger partial charge in [0.25, 0.3) is 0 Å². The van der Waals surface area contributed by atoms with Gasteiger partial charge in [-0.2, -0.15) is 15.0 Å². The van der Waals surface area contributed by atoms with E-state index in [2.05, 4.69) is 20.3 Å². The topological polar surface area (TPSA) is 129 Å². The molecule has 0 aliphatic carbocycles. The van der Waals surface area contributed by atoms with Gasteiger partial charge in [0.05, 0.1) is 5.56 Å². The number of nitrogen functional groups attached to an aromatic ring is 2. The molecule has 3 aromatic rings. The minimum absolute atomic E-state index is 0.00971. The van der Waals surface area contributed by atoms with Gasteiger partial charge in [-0.3, -0.25) is 0 Å². The normalized spacial score (nSPS) is 10.3. The largest absolute Gasteiger partial charge is 0.454 e. The van der Waals surface area contributed by atoms with Crippen molar-refractivity contribution in [1.29, 1.82) is 0 Å². The molecule has 0 radical (unpaired) electrons. The van der Waals surface area contributed by atoms with Gasteiger partial charge >= 0.3 is 5.97 Å². The molecule has 0 bridgehead atoms. The lowest BCUT2D eigenvalue weighted by Crippen LogP contribution is -2.12. The van der Waals surface area contributed by atoms with Crippen molar-refractivity contribution in [1.82, 2.24) is 15.0 Å². The molecule has 26 heavy (non-hydrogen) atoms. The van der Waals surface area contributed by atoms with Crippen molar-refractivity contribution in [2.75, 3.05) is 16.8 Å². The number of hydrogen-bond acceptors (Lipinski definition) is 8. The third-order valence-electron chi connectivity index (χ3n) is 3.29. The number of nitrogens with zero attached hydrogens (tertiary/aromatic N) is 3. The Morgan fingerprint density at radius 2 is 1.85 bits per heavy atom. The van der Waals surface area contributed by atoms with E-state index in [0.717, 1.165) is 5.69 Å². The van der Waals surface area contributed by atoms with E-state index in [-0.39, 0.29) is 35.6 Å². The van der Waals surface area contributed by atoms with Crippen molar-refractivity contribution in [2.45, 2.75) is 6.61 Å². The third kappa shape index (κ3) is 4.37. The van der Waals surface area contributed by atoms with E-state index >= 15 is 0 Å². The molecule has 0 spiro atoms. The number of carbonyl (C=O) groups excluding carboxylic acids is 1. The number of aromatic nitrogens is 3. The standard InChI is InChI=1S/C17H15ClN6O2/c18-10-6-7-12(13(19)8-10)15(25)26-9-14-22-16(20)24-17(23-14)21-11-4-2-1-3-5-11/h1-8H,9,19H2,(H3,20,21,22,23,24). The predicted molar refractivity (Wildman–Crippen MR) is 98.9 cm³/mol. The summed E-state index contributed by atoms with van der Waals surface area (Å²) in [4.78, 5) is 24.3. The summed E-state index contributed by atoms with van der Waals surface area (Å²) in [5, 5.41) is 3.43. The minimum Gasteiger partial charge on any atom is -0.454 e. The van der Waals surface area contributed by atoms with Crippen molar-refractivity contribution in [3.8, 4) is 0 Å². The first-order chi connectivity index (χ1) is 12.5.